The summed E-state index contributed by atoms with van der Waals surface area (Å²) < 4.78 is 19.2. The van der Waals surface area contributed by atoms with E-state index >= 15 is 0 Å². The van der Waals surface area contributed by atoms with Crippen LogP contribution < -0.4 is 10.6 Å². The van der Waals surface area contributed by atoms with Crippen LogP contribution in [0.25, 0.3) is 11.5 Å². The second-order valence-electron chi connectivity index (χ2n) is 5.42. The quantitative estimate of drug-likeness (QED) is 0.611. The van der Waals surface area contributed by atoms with Crippen molar-refractivity contribution in [1.82, 2.24) is 10.2 Å². The Morgan fingerprint density at radius 1 is 1.23 bits per heavy atom. The summed E-state index contributed by atoms with van der Waals surface area (Å²) in [7, 11) is 0. The number of halogens is 1. The number of carbonyl (C=O) groups is 2. The molecule has 2 heterocycles. The van der Waals surface area contributed by atoms with Gasteiger partial charge in [0.2, 0.25) is 5.91 Å². The lowest BCUT2D eigenvalue weighted by Gasteiger charge is -2.08. The zero-order valence-corrected chi connectivity index (χ0v) is 13.8. The molecule has 0 saturated carbocycles. The van der Waals surface area contributed by atoms with Crippen LogP contribution in [0.15, 0.2) is 53.5 Å². The third-order valence-electron chi connectivity index (χ3n) is 3.48. The first-order valence-corrected chi connectivity index (χ1v) is 7.63. The molecule has 0 bridgehead atoms. The van der Waals surface area contributed by atoms with E-state index in [2.05, 4.69) is 27.4 Å². The molecule has 7 nitrogen and oxygen atoms in total. The lowest BCUT2D eigenvalue weighted by molar-refractivity contribution is -0.111. The maximum Gasteiger partial charge on any atom is 0.276 e. The third kappa shape index (κ3) is 3.69. The number of rotatable bonds is 5. The monoisotopic (exact) mass is 354 g/mol. The molecular formula is C18H15FN4O3. The molecular weight excluding hydrogens is 339 g/mol. The van der Waals surface area contributed by atoms with Crippen molar-refractivity contribution in [2.24, 2.45) is 0 Å². The van der Waals surface area contributed by atoms with Gasteiger partial charge in [0.15, 0.2) is 11.5 Å². The molecule has 0 fully saturated rings. The van der Waals surface area contributed by atoms with E-state index in [1.165, 1.54) is 18.2 Å². The molecule has 0 radical (unpaired) electrons. The van der Waals surface area contributed by atoms with Gasteiger partial charge in [-0.2, -0.15) is 5.10 Å². The van der Waals surface area contributed by atoms with Crippen molar-refractivity contribution < 1.29 is 18.4 Å². The molecule has 8 heteroatoms. The number of H-pyrrole nitrogens is 1. The fourth-order valence-electron chi connectivity index (χ4n) is 2.22. The molecule has 0 atom stereocenters. The smallest absolute Gasteiger partial charge is 0.276 e. The molecule has 3 aromatic rings. The molecule has 0 aliphatic carbocycles. The molecule has 132 valence electrons. The zero-order chi connectivity index (χ0) is 18.7. The van der Waals surface area contributed by atoms with Crippen LogP contribution in [-0.4, -0.2) is 22.0 Å². The molecule has 2 aromatic heterocycles. The molecule has 3 rings (SSSR count). The second-order valence-corrected chi connectivity index (χ2v) is 5.42. The normalized spacial score (nSPS) is 10.4. The highest BCUT2D eigenvalue weighted by Crippen LogP contribution is 2.22. The fourth-order valence-corrected chi connectivity index (χ4v) is 2.22. The number of nitrogens with one attached hydrogen (secondary N) is 3. The van der Waals surface area contributed by atoms with Crippen LogP contribution in [0.1, 0.15) is 16.2 Å². The number of carbonyl (C=O) groups excluding carboxylic acids is 2. The first-order valence-electron chi connectivity index (χ1n) is 7.63. The van der Waals surface area contributed by atoms with E-state index in [1.807, 2.05) is 6.92 Å². The van der Waals surface area contributed by atoms with Crippen molar-refractivity contribution in [1.29, 1.82) is 0 Å². The Labute approximate surface area is 147 Å². The number of aromatic nitrogens is 2. The molecule has 1 aromatic carbocycles. The maximum atomic E-state index is 13.7. The molecule has 2 amide bonds. The Bertz CT molecular complexity index is 990. The Kier molecular flexibility index (Phi) is 4.66. The minimum absolute atomic E-state index is 0.0681. The van der Waals surface area contributed by atoms with Crippen molar-refractivity contribution in [2.45, 2.75) is 6.92 Å². The Morgan fingerprint density at radius 2 is 2.04 bits per heavy atom. The number of amides is 2. The van der Waals surface area contributed by atoms with Crippen LogP contribution in [0.3, 0.4) is 0 Å². The number of benzene rings is 1. The third-order valence-corrected chi connectivity index (χ3v) is 3.48. The fraction of sp³-hybridized carbons (Fsp3) is 0.0556. The summed E-state index contributed by atoms with van der Waals surface area (Å²) >= 11 is 0. The maximum absolute atomic E-state index is 13.7. The summed E-state index contributed by atoms with van der Waals surface area (Å²) in [6.07, 6.45) is 1.02. The summed E-state index contributed by atoms with van der Waals surface area (Å²) in [5.41, 5.74) is 0.923. The van der Waals surface area contributed by atoms with Crippen molar-refractivity contribution in [2.75, 3.05) is 10.6 Å². The standard InChI is InChI=1S/C18H15FN4O3/c1-3-17(24)21-13-8-11(5-6-12(13)19)20-18(25)15-9-14(22-23-15)16-7-4-10(2)26-16/h3-9H,1H2,2H3,(H,20,25)(H,21,24)(H,22,23). The highest BCUT2D eigenvalue weighted by molar-refractivity contribution is 6.04. The van der Waals surface area contributed by atoms with Crippen molar-refractivity contribution in [3.05, 3.63) is 66.3 Å². The predicted octanol–water partition coefficient (Wildman–Crippen LogP) is 3.49. The number of hydrogen-bond acceptors (Lipinski definition) is 4. The number of anilines is 2. The summed E-state index contributed by atoms with van der Waals surface area (Å²) in [6, 6.07) is 8.92. The number of nitrogens with zero attached hydrogens (tertiary/aromatic N) is 1. The van der Waals surface area contributed by atoms with E-state index in [-0.39, 0.29) is 11.4 Å². The Morgan fingerprint density at radius 3 is 2.73 bits per heavy atom. The van der Waals surface area contributed by atoms with Gasteiger partial charge in [-0.1, -0.05) is 6.58 Å². The average molecular weight is 354 g/mol. The molecule has 0 saturated heterocycles. The van der Waals surface area contributed by atoms with Crippen molar-refractivity contribution >= 4 is 23.2 Å². The summed E-state index contributed by atoms with van der Waals surface area (Å²) in [6.45, 7) is 5.11. The van der Waals surface area contributed by atoms with Crippen LogP contribution in [-0.2, 0) is 4.79 Å². The zero-order valence-electron chi connectivity index (χ0n) is 13.8. The molecule has 0 spiro atoms. The lowest BCUT2D eigenvalue weighted by Crippen LogP contribution is -2.14. The molecule has 3 N–H and O–H groups in total. The van der Waals surface area contributed by atoms with E-state index in [0.717, 1.165) is 17.9 Å². The average Bonchev–Trinajstić information content (AvgIpc) is 3.26. The van der Waals surface area contributed by atoms with Gasteiger partial charge in [-0.3, -0.25) is 14.7 Å². The van der Waals surface area contributed by atoms with E-state index in [9.17, 15) is 14.0 Å². The van der Waals surface area contributed by atoms with Gasteiger partial charge in [0.05, 0.1) is 5.69 Å². The highest BCUT2D eigenvalue weighted by Gasteiger charge is 2.14. The van der Waals surface area contributed by atoms with Crippen molar-refractivity contribution in [3.8, 4) is 11.5 Å². The topological polar surface area (TPSA) is 100 Å². The number of furan rings is 1. The first-order chi connectivity index (χ1) is 12.5. The molecule has 0 aliphatic heterocycles. The number of hydrogen-bond donors (Lipinski definition) is 3. The van der Waals surface area contributed by atoms with Crippen LogP contribution in [0.5, 0.6) is 0 Å². The van der Waals surface area contributed by atoms with E-state index < -0.39 is 17.6 Å². The highest BCUT2D eigenvalue weighted by atomic mass is 19.1. The summed E-state index contributed by atoms with van der Waals surface area (Å²) in [5.74, 6) is -0.388. The van der Waals surface area contributed by atoms with E-state index in [4.69, 9.17) is 4.42 Å². The Hall–Kier alpha value is -3.68. The van der Waals surface area contributed by atoms with Gasteiger partial charge < -0.3 is 15.1 Å². The predicted molar refractivity (Wildman–Crippen MR) is 94.2 cm³/mol. The van der Waals surface area contributed by atoms with E-state index in [1.54, 1.807) is 12.1 Å². The second kappa shape index (κ2) is 7.06. The van der Waals surface area contributed by atoms with Crippen LogP contribution in [0.2, 0.25) is 0 Å². The minimum atomic E-state index is -0.631. The van der Waals surface area contributed by atoms with E-state index in [0.29, 0.717) is 17.1 Å². The number of aryl methyl sites for hydroxylation is 1. The van der Waals surface area contributed by atoms with Crippen LogP contribution in [0, 0.1) is 12.7 Å². The van der Waals surface area contributed by atoms with Crippen LogP contribution >= 0.6 is 0 Å². The van der Waals surface area contributed by atoms with Gasteiger partial charge in [-0.25, -0.2) is 4.39 Å². The lowest BCUT2D eigenvalue weighted by atomic mass is 10.2. The first kappa shape index (κ1) is 17.2. The minimum Gasteiger partial charge on any atom is -0.460 e. The van der Waals surface area contributed by atoms with Gasteiger partial charge in [0, 0.05) is 11.8 Å². The SMILES string of the molecule is C=CC(=O)Nc1cc(NC(=O)c2cc(-c3ccc(C)o3)[nH]n2)ccc1F. The van der Waals surface area contributed by atoms with Gasteiger partial charge >= 0.3 is 0 Å². The molecule has 0 unspecified atom stereocenters. The molecule has 0 aliphatic rings. The van der Waals surface area contributed by atoms with Crippen LogP contribution in [0.4, 0.5) is 15.8 Å². The van der Waals surface area contributed by atoms with Gasteiger partial charge in [0.25, 0.3) is 5.91 Å². The van der Waals surface area contributed by atoms with Gasteiger partial charge in [0.1, 0.15) is 17.3 Å². The largest absolute Gasteiger partial charge is 0.460 e. The Balaban J connectivity index is 1.76. The summed E-state index contributed by atoms with van der Waals surface area (Å²) in [5, 5.41) is 11.6. The summed E-state index contributed by atoms with van der Waals surface area (Å²) in [4.78, 5) is 23.6. The van der Waals surface area contributed by atoms with Gasteiger partial charge in [-0.05, 0) is 43.3 Å². The molecule has 26 heavy (non-hydrogen) atoms. The van der Waals surface area contributed by atoms with Crippen molar-refractivity contribution in [3.63, 3.8) is 0 Å². The number of aromatic amines is 1. The van der Waals surface area contributed by atoms with Gasteiger partial charge in [-0.15, -0.1) is 0 Å².